The van der Waals surface area contributed by atoms with Crippen LogP contribution in [0.25, 0.3) is 11.1 Å². The van der Waals surface area contributed by atoms with E-state index in [1.54, 1.807) is 31.5 Å². The molecular weight excluding hydrogens is 283 g/mol. The molecule has 1 aromatic carbocycles. The van der Waals surface area contributed by atoms with Gasteiger partial charge in [-0.25, -0.2) is 14.4 Å². The average Bonchev–Trinajstić information content (AvgIpc) is 2.58. The highest BCUT2D eigenvalue weighted by Gasteiger charge is 2.18. The molecule has 2 aromatic rings. The van der Waals surface area contributed by atoms with Crippen molar-refractivity contribution in [3.63, 3.8) is 0 Å². The molecule has 5 nitrogen and oxygen atoms in total. The van der Waals surface area contributed by atoms with E-state index in [9.17, 15) is 4.39 Å². The van der Waals surface area contributed by atoms with E-state index in [0.717, 1.165) is 18.8 Å². The lowest BCUT2D eigenvalue weighted by Gasteiger charge is -2.27. The Morgan fingerprint density at radius 3 is 2.50 bits per heavy atom. The van der Waals surface area contributed by atoms with Gasteiger partial charge in [0.25, 0.3) is 0 Å². The maximum Gasteiger partial charge on any atom is 0.225 e. The Morgan fingerprint density at radius 2 is 1.86 bits per heavy atom. The van der Waals surface area contributed by atoms with Crippen LogP contribution >= 0.6 is 0 Å². The summed E-state index contributed by atoms with van der Waals surface area (Å²) >= 11 is 0. The van der Waals surface area contributed by atoms with Crippen LogP contribution in [0, 0.1) is 12.7 Å². The normalized spacial score (nSPS) is 15.0. The Labute approximate surface area is 128 Å². The number of oxime groups is 1. The summed E-state index contributed by atoms with van der Waals surface area (Å²) in [5, 5.41) is 12.0. The van der Waals surface area contributed by atoms with Crippen molar-refractivity contribution < 1.29 is 9.60 Å². The van der Waals surface area contributed by atoms with Crippen molar-refractivity contribution in [2.45, 2.75) is 19.8 Å². The minimum atomic E-state index is -0.236. The SMILES string of the molecule is Cc1cccc(-c2cnc(N3CCC(=NO)CC3)nc2)c1F. The minimum absolute atomic E-state index is 0.236. The Balaban J connectivity index is 1.80. The molecule has 0 saturated carbocycles. The number of hydrogen-bond donors (Lipinski definition) is 1. The van der Waals surface area contributed by atoms with Crippen LogP contribution < -0.4 is 4.90 Å². The number of aryl methyl sites for hydroxylation is 1. The van der Waals surface area contributed by atoms with Gasteiger partial charge in [0.15, 0.2) is 0 Å². The number of aromatic nitrogens is 2. The molecular formula is C16H17FN4O. The summed E-state index contributed by atoms with van der Waals surface area (Å²) in [6.45, 7) is 3.18. The van der Waals surface area contributed by atoms with Crippen molar-refractivity contribution in [3.8, 4) is 11.1 Å². The summed E-state index contributed by atoms with van der Waals surface area (Å²) in [5.41, 5.74) is 2.59. The summed E-state index contributed by atoms with van der Waals surface area (Å²) in [4.78, 5) is 10.7. The Hall–Kier alpha value is -2.50. The van der Waals surface area contributed by atoms with Crippen molar-refractivity contribution in [2.24, 2.45) is 5.16 Å². The molecule has 0 bridgehead atoms. The number of rotatable bonds is 2. The highest BCUT2D eigenvalue weighted by Crippen LogP contribution is 2.24. The zero-order valence-corrected chi connectivity index (χ0v) is 12.3. The van der Waals surface area contributed by atoms with Crippen molar-refractivity contribution in [1.82, 2.24) is 9.97 Å². The second kappa shape index (κ2) is 6.09. The third kappa shape index (κ3) is 2.77. The van der Waals surface area contributed by atoms with Gasteiger partial charge in [-0.15, -0.1) is 0 Å². The van der Waals surface area contributed by atoms with Crippen molar-refractivity contribution in [1.29, 1.82) is 0 Å². The van der Waals surface area contributed by atoms with Crippen molar-refractivity contribution in [3.05, 3.63) is 42.0 Å². The quantitative estimate of drug-likeness (QED) is 0.684. The van der Waals surface area contributed by atoms with Crippen LogP contribution in [0.5, 0.6) is 0 Å². The molecule has 1 aliphatic rings. The van der Waals surface area contributed by atoms with E-state index < -0.39 is 0 Å². The molecule has 1 fully saturated rings. The standard InChI is InChI=1S/C16H17FN4O/c1-11-3-2-4-14(15(11)17)12-9-18-16(19-10-12)21-7-5-13(20-22)6-8-21/h2-4,9-10,22H,5-8H2,1H3. The summed E-state index contributed by atoms with van der Waals surface area (Å²) in [7, 11) is 0. The summed E-state index contributed by atoms with van der Waals surface area (Å²) < 4.78 is 14.1. The monoisotopic (exact) mass is 300 g/mol. The lowest BCUT2D eigenvalue weighted by Crippen LogP contribution is -2.35. The molecule has 0 amide bonds. The highest BCUT2D eigenvalue weighted by atomic mass is 19.1. The molecule has 0 unspecified atom stereocenters. The Kier molecular flexibility index (Phi) is 4.00. The topological polar surface area (TPSA) is 61.6 Å². The van der Waals surface area contributed by atoms with Gasteiger partial charge in [-0.1, -0.05) is 23.4 Å². The maximum atomic E-state index is 14.1. The largest absolute Gasteiger partial charge is 0.411 e. The van der Waals surface area contributed by atoms with Crippen LogP contribution in [0.15, 0.2) is 35.7 Å². The van der Waals surface area contributed by atoms with Gasteiger partial charge in [0.1, 0.15) is 5.82 Å². The summed E-state index contributed by atoms with van der Waals surface area (Å²) in [6.07, 6.45) is 4.70. The highest BCUT2D eigenvalue weighted by molar-refractivity contribution is 5.85. The number of benzene rings is 1. The van der Waals surface area contributed by atoms with Gasteiger partial charge in [0.2, 0.25) is 5.95 Å². The van der Waals surface area contributed by atoms with Crippen LogP contribution in [0.2, 0.25) is 0 Å². The predicted octanol–water partition coefficient (Wildman–Crippen LogP) is 3.02. The second-order valence-electron chi connectivity index (χ2n) is 5.36. The molecule has 1 saturated heterocycles. The first kappa shape index (κ1) is 14.4. The van der Waals surface area contributed by atoms with Gasteiger partial charge in [0, 0.05) is 49.5 Å². The molecule has 1 aliphatic heterocycles. The first-order valence-corrected chi connectivity index (χ1v) is 7.21. The smallest absolute Gasteiger partial charge is 0.225 e. The lowest BCUT2D eigenvalue weighted by atomic mass is 10.1. The minimum Gasteiger partial charge on any atom is -0.411 e. The molecule has 114 valence electrons. The molecule has 1 N–H and O–H groups in total. The number of hydrogen-bond acceptors (Lipinski definition) is 5. The fourth-order valence-electron chi connectivity index (χ4n) is 2.56. The van der Waals surface area contributed by atoms with Crippen LogP contribution in [0.1, 0.15) is 18.4 Å². The predicted molar refractivity (Wildman–Crippen MR) is 82.8 cm³/mol. The third-order valence-electron chi connectivity index (χ3n) is 3.91. The number of nitrogens with zero attached hydrogens (tertiary/aromatic N) is 4. The first-order valence-electron chi connectivity index (χ1n) is 7.21. The molecule has 22 heavy (non-hydrogen) atoms. The fourth-order valence-corrected chi connectivity index (χ4v) is 2.56. The van der Waals surface area contributed by atoms with Gasteiger partial charge in [-0.3, -0.25) is 0 Å². The van der Waals surface area contributed by atoms with E-state index in [4.69, 9.17) is 5.21 Å². The van der Waals surface area contributed by atoms with Crippen LogP contribution in [0.4, 0.5) is 10.3 Å². The molecule has 0 aliphatic carbocycles. The fraction of sp³-hybridized carbons (Fsp3) is 0.312. The number of halogens is 1. The van der Waals surface area contributed by atoms with Gasteiger partial charge >= 0.3 is 0 Å². The van der Waals surface area contributed by atoms with E-state index in [1.165, 1.54) is 0 Å². The maximum absolute atomic E-state index is 14.1. The number of piperidine rings is 1. The third-order valence-corrected chi connectivity index (χ3v) is 3.91. The molecule has 0 radical (unpaired) electrons. The van der Waals surface area contributed by atoms with E-state index >= 15 is 0 Å². The van der Waals surface area contributed by atoms with Crippen LogP contribution in [-0.2, 0) is 0 Å². The molecule has 1 aromatic heterocycles. The second-order valence-corrected chi connectivity index (χ2v) is 5.36. The van der Waals surface area contributed by atoms with E-state index in [1.807, 2.05) is 11.0 Å². The Bertz CT molecular complexity index is 690. The molecule has 2 heterocycles. The van der Waals surface area contributed by atoms with Crippen LogP contribution in [-0.4, -0.2) is 34.0 Å². The molecule has 3 rings (SSSR count). The zero-order chi connectivity index (χ0) is 15.5. The van der Waals surface area contributed by atoms with Gasteiger partial charge in [-0.05, 0) is 12.5 Å². The van der Waals surface area contributed by atoms with E-state index in [0.29, 0.717) is 35.5 Å². The Morgan fingerprint density at radius 1 is 1.18 bits per heavy atom. The molecule has 0 spiro atoms. The molecule has 0 atom stereocenters. The van der Waals surface area contributed by atoms with E-state index in [-0.39, 0.29) is 5.82 Å². The van der Waals surface area contributed by atoms with Gasteiger partial charge in [-0.2, -0.15) is 0 Å². The lowest BCUT2D eigenvalue weighted by molar-refractivity contribution is 0.315. The number of anilines is 1. The van der Waals surface area contributed by atoms with E-state index in [2.05, 4.69) is 15.1 Å². The van der Waals surface area contributed by atoms with Crippen molar-refractivity contribution in [2.75, 3.05) is 18.0 Å². The van der Waals surface area contributed by atoms with Crippen LogP contribution in [0.3, 0.4) is 0 Å². The van der Waals surface area contributed by atoms with Crippen molar-refractivity contribution >= 4 is 11.7 Å². The van der Waals surface area contributed by atoms with Gasteiger partial charge in [0.05, 0.1) is 5.71 Å². The molecule has 6 heteroatoms. The average molecular weight is 300 g/mol. The summed E-state index contributed by atoms with van der Waals surface area (Å²) in [6, 6.07) is 5.29. The first-order chi connectivity index (χ1) is 10.7. The summed E-state index contributed by atoms with van der Waals surface area (Å²) in [5.74, 6) is 0.384. The zero-order valence-electron chi connectivity index (χ0n) is 12.3. The van der Waals surface area contributed by atoms with Gasteiger partial charge < -0.3 is 10.1 Å².